The van der Waals surface area contributed by atoms with Crippen LogP contribution >= 0.6 is 11.8 Å². The largest absolute Gasteiger partial charge is 0.342 e. The molecule has 2 saturated carbocycles. The molecule has 0 aliphatic heterocycles. The van der Waals surface area contributed by atoms with Gasteiger partial charge in [0.05, 0.1) is 12.3 Å². The van der Waals surface area contributed by atoms with E-state index in [1.54, 1.807) is 0 Å². The van der Waals surface area contributed by atoms with Crippen molar-refractivity contribution in [3.8, 4) is 0 Å². The summed E-state index contributed by atoms with van der Waals surface area (Å²) >= 11 is 1.53. The van der Waals surface area contributed by atoms with Gasteiger partial charge in [-0.25, -0.2) is 0 Å². The lowest BCUT2D eigenvalue weighted by atomic mass is 9.87. The van der Waals surface area contributed by atoms with Gasteiger partial charge in [-0.3, -0.25) is 4.79 Å². The van der Waals surface area contributed by atoms with E-state index >= 15 is 0 Å². The summed E-state index contributed by atoms with van der Waals surface area (Å²) in [7, 11) is 1.97. The molecule has 1 amide bonds. The lowest BCUT2D eigenvalue weighted by Gasteiger charge is -2.33. The van der Waals surface area contributed by atoms with Crippen molar-refractivity contribution in [3.63, 3.8) is 0 Å². The van der Waals surface area contributed by atoms with Crippen LogP contribution in [0.4, 0.5) is 0 Å². The van der Waals surface area contributed by atoms with Gasteiger partial charge in [0.25, 0.3) is 0 Å². The zero-order valence-corrected chi connectivity index (χ0v) is 17.7. The molecule has 2 fully saturated rings. The monoisotopic (exact) mass is 398 g/mol. The summed E-state index contributed by atoms with van der Waals surface area (Å²) < 4.78 is 2.22. The summed E-state index contributed by atoms with van der Waals surface area (Å²) in [5, 5.41) is 9.76. The molecule has 28 heavy (non-hydrogen) atoms. The summed E-state index contributed by atoms with van der Waals surface area (Å²) in [6.45, 7) is 3.08. The summed E-state index contributed by atoms with van der Waals surface area (Å²) in [6.07, 6.45) is 7.10. The smallest absolute Gasteiger partial charge is 0.233 e. The zero-order chi connectivity index (χ0) is 19.5. The molecule has 6 heteroatoms. The number of amides is 1. The summed E-state index contributed by atoms with van der Waals surface area (Å²) in [5.41, 5.74) is 1.24. The second kappa shape index (κ2) is 8.68. The zero-order valence-electron chi connectivity index (χ0n) is 16.9. The van der Waals surface area contributed by atoms with Crippen molar-refractivity contribution in [1.29, 1.82) is 0 Å². The molecule has 0 spiro atoms. The highest BCUT2D eigenvalue weighted by Crippen LogP contribution is 2.40. The Balaban J connectivity index is 1.41. The van der Waals surface area contributed by atoms with E-state index in [-0.39, 0.29) is 5.91 Å². The van der Waals surface area contributed by atoms with Crippen LogP contribution in [-0.4, -0.2) is 44.4 Å². The molecule has 0 atom stereocenters. The molecule has 1 aromatic carbocycles. The van der Waals surface area contributed by atoms with E-state index in [1.807, 2.05) is 18.0 Å². The topological polar surface area (TPSA) is 51.0 Å². The van der Waals surface area contributed by atoms with Gasteiger partial charge in [-0.05, 0) is 50.0 Å². The average molecular weight is 399 g/mol. The Kier molecular flexibility index (Phi) is 6.04. The third kappa shape index (κ3) is 4.59. The molecule has 0 unspecified atom stereocenters. The van der Waals surface area contributed by atoms with Crippen molar-refractivity contribution in [2.75, 3.05) is 12.8 Å². The second-order valence-electron chi connectivity index (χ2n) is 8.39. The van der Waals surface area contributed by atoms with Gasteiger partial charge in [0, 0.05) is 19.0 Å². The quantitative estimate of drug-likeness (QED) is 0.651. The van der Waals surface area contributed by atoms with E-state index in [9.17, 15) is 4.79 Å². The molecule has 0 N–H and O–H groups in total. The number of hydrogen-bond acceptors (Lipinski definition) is 4. The maximum Gasteiger partial charge on any atom is 0.233 e. The Labute approximate surface area is 171 Å². The van der Waals surface area contributed by atoms with Crippen LogP contribution in [0.2, 0.25) is 0 Å². The van der Waals surface area contributed by atoms with Crippen molar-refractivity contribution >= 4 is 17.7 Å². The first-order valence-corrected chi connectivity index (χ1v) is 11.5. The fraction of sp³-hybridized carbons (Fsp3) is 0.591. The number of benzene rings is 1. The van der Waals surface area contributed by atoms with Crippen molar-refractivity contribution in [3.05, 3.63) is 41.7 Å². The number of thioether (sulfide) groups is 1. The summed E-state index contributed by atoms with van der Waals surface area (Å²) in [5.74, 6) is 3.04. The van der Waals surface area contributed by atoms with E-state index in [2.05, 4.69) is 46.0 Å². The standard InChI is InChI=1S/C22H30N4OS/c1-16-8-12-19(13-9-16)25(2)20(27)15-28-22-24-23-21(18-10-11-18)26(22)14-17-6-4-3-5-7-17/h3-7,16,18-19H,8-15H2,1-2H3. The maximum atomic E-state index is 12.8. The molecular formula is C22H30N4OS. The van der Waals surface area contributed by atoms with Crippen LogP contribution in [0.3, 0.4) is 0 Å². The molecule has 150 valence electrons. The molecule has 2 aliphatic rings. The Bertz CT molecular complexity index is 794. The van der Waals surface area contributed by atoms with Crippen LogP contribution in [-0.2, 0) is 11.3 Å². The molecule has 0 radical (unpaired) electrons. The molecule has 4 rings (SSSR count). The lowest BCUT2D eigenvalue weighted by Crippen LogP contribution is -2.40. The van der Waals surface area contributed by atoms with Crippen LogP contribution < -0.4 is 0 Å². The minimum absolute atomic E-state index is 0.201. The predicted molar refractivity (Wildman–Crippen MR) is 112 cm³/mol. The Morgan fingerprint density at radius 1 is 1.11 bits per heavy atom. The van der Waals surface area contributed by atoms with Crippen molar-refractivity contribution in [2.24, 2.45) is 5.92 Å². The summed E-state index contributed by atoms with van der Waals surface area (Å²) in [6, 6.07) is 10.8. The van der Waals surface area contributed by atoms with E-state index in [0.29, 0.717) is 17.7 Å². The number of aromatic nitrogens is 3. The van der Waals surface area contributed by atoms with E-state index in [4.69, 9.17) is 0 Å². The molecule has 1 heterocycles. The highest BCUT2D eigenvalue weighted by Gasteiger charge is 2.31. The maximum absolute atomic E-state index is 12.8. The number of nitrogens with zero attached hydrogens (tertiary/aromatic N) is 4. The molecule has 0 saturated heterocycles. The normalized spacial score (nSPS) is 22.2. The van der Waals surface area contributed by atoms with Gasteiger partial charge in [-0.1, -0.05) is 49.0 Å². The van der Waals surface area contributed by atoms with E-state index in [1.165, 1.54) is 43.0 Å². The minimum Gasteiger partial charge on any atom is -0.342 e. The molecule has 1 aromatic heterocycles. The Hall–Kier alpha value is -1.82. The highest BCUT2D eigenvalue weighted by molar-refractivity contribution is 7.99. The number of rotatable bonds is 7. The molecule has 0 bridgehead atoms. The fourth-order valence-electron chi connectivity index (χ4n) is 4.03. The van der Waals surface area contributed by atoms with Crippen molar-refractivity contribution in [1.82, 2.24) is 19.7 Å². The predicted octanol–water partition coefficient (Wildman–Crippen LogP) is 4.33. The van der Waals surface area contributed by atoms with Gasteiger partial charge < -0.3 is 9.47 Å². The van der Waals surface area contributed by atoms with Crippen LogP contribution in [0, 0.1) is 5.92 Å². The van der Waals surface area contributed by atoms with E-state index < -0.39 is 0 Å². The second-order valence-corrected chi connectivity index (χ2v) is 9.34. The molecule has 2 aromatic rings. The van der Waals surface area contributed by atoms with E-state index in [0.717, 1.165) is 36.3 Å². The first kappa shape index (κ1) is 19.5. The van der Waals surface area contributed by atoms with Crippen LogP contribution in [0.25, 0.3) is 0 Å². The number of carbonyl (C=O) groups excluding carboxylic acids is 1. The molecular weight excluding hydrogens is 368 g/mol. The third-order valence-electron chi connectivity index (χ3n) is 6.12. The molecule has 5 nitrogen and oxygen atoms in total. The van der Waals surface area contributed by atoms with Crippen LogP contribution in [0.1, 0.15) is 62.8 Å². The average Bonchev–Trinajstić information content (AvgIpc) is 3.49. The van der Waals surface area contributed by atoms with Gasteiger partial charge in [-0.15, -0.1) is 10.2 Å². The Morgan fingerprint density at radius 2 is 1.82 bits per heavy atom. The van der Waals surface area contributed by atoms with Gasteiger partial charge in [-0.2, -0.15) is 0 Å². The molecule has 2 aliphatic carbocycles. The fourth-order valence-corrected chi connectivity index (χ4v) is 4.90. The number of carbonyl (C=O) groups is 1. The third-order valence-corrected chi connectivity index (χ3v) is 7.07. The van der Waals surface area contributed by atoms with Gasteiger partial charge in [0.15, 0.2) is 5.16 Å². The number of hydrogen-bond donors (Lipinski definition) is 0. The van der Waals surface area contributed by atoms with Crippen molar-refractivity contribution < 1.29 is 4.79 Å². The van der Waals surface area contributed by atoms with Crippen LogP contribution in [0.5, 0.6) is 0 Å². The van der Waals surface area contributed by atoms with Crippen molar-refractivity contribution in [2.45, 2.75) is 69.1 Å². The SMILES string of the molecule is CC1CCC(N(C)C(=O)CSc2nnc(C3CC3)n2Cc2ccccc2)CC1. The summed E-state index contributed by atoms with van der Waals surface area (Å²) in [4.78, 5) is 14.7. The van der Waals surface area contributed by atoms with Gasteiger partial charge >= 0.3 is 0 Å². The lowest BCUT2D eigenvalue weighted by molar-refractivity contribution is -0.129. The minimum atomic E-state index is 0.201. The Morgan fingerprint density at radius 3 is 2.50 bits per heavy atom. The van der Waals surface area contributed by atoms with Gasteiger partial charge in [0.2, 0.25) is 5.91 Å². The van der Waals surface area contributed by atoms with Crippen LogP contribution in [0.15, 0.2) is 35.5 Å². The highest BCUT2D eigenvalue weighted by atomic mass is 32.2. The van der Waals surface area contributed by atoms with Gasteiger partial charge in [0.1, 0.15) is 5.82 Å². The first-order chi connectivity index (χ1) is 13.6. The first-order valence-electron chi connectivity index (χ1n) is 10.5.